The minimum Gasteiger partial charge on any atom is -0.351 e. The molecule has 1 heterocycles. The van der Waals surface area contributed by atoms with E-state index in [0.29, 0.717) is 17.9 Å². The van der Waals surface area contributed by atoms with Gasteiger partial charge in [-0.15, -0.1) is 0 Å². The van der Waals surface area contributed by atoms with E-state index in [2.05, 4.69) is 27.5 Å². The number of ketones is 1. The van der Waals surface area contributed by atoms with Crippen molar-refractivity contribution in [3.05, 3.63) is 47.9 Å². The fraction of sp³-hybridized carbons (Fsp3) is 0.294. The van der Waals surface area contributed by atoms with Gasteiger partial charge < -0.3 is 10.6 Å². The minimum atomic E-state index is -0.226. The van der Waals surface area contributed by atoms with Crippen molar-refractivity contribution in [1.29, 1.82) is 0 Å². The Kier molecular flexibility index (Phi) is 5.80. The van der Waals surface area contributed by atoms with Crippen molar-refractivity contribution in [2.24, 2.45) is 0 Å². The quantitative estimate of drug-likeness (QED) is 0.606. The molecule has 0 aliphatic carbocycles. The van der Waals surface area contributed by atoms with E-state index in [0.717, 1.165) is 18.5 Å². The van der Waals surface area contributed by atoms with Gasteiger partial charge in [-0.25, -0.2) is 9.97 Å². The third kappa shape index (κ3) is 4.88. The maximum Gasteiger partial charge on any atom is 0.271 e. The zero-order valence-corrected chi connectivity index (χ0v) is 13.3. The number of carbonyl (C=O) groups excluding carboxylic acids is 2. The summed E-state index contributed by atoms with van der Waals surface area (Å²) < 4.78 is 0. The Morgan fingerprint density at radius 3 is 2.65 bits per heavy atom. The third-order valence-electron chi connectivity index (χ3n) is 3.24. The number of aromatic nitrogens is 2. The Balaban J connectivity index is 2.01. The molecule has 23 heavy (non-hydrogen) atoms. The van der Waals surface area contributed by atoms with Crippen LogP contribution in [0.15, 0.2) is 36.7 Å². The summed E-state index contributed by atoms with van der Waals surface area (Å²) in [5, 5.41) is 5.85. The predicted octanol–water partition coefficient (Wildman–Crippen LogP) is 2.95. The second-order valence-electron chi connectivity index (χ2n) is 5.16. The van der Waals surface area contributed by atoms with Crippen molar-refractivity contribution >= 4 is 23.2 Å². The molecule has 0 aliphatic heterocycles. The lowest BCUT2D eigenvalue weighted by Crippen LogP contribution is -2.25. The lowest BCUT2D eigenvalue weighted by molar-refractivity contribution is 0.0947. The zero-order chi connectivity index (χ0) is 16.7. The Morgan fingerprint density at radius 2 is 2.00 bits per heavy atom. The van der Waals surface area contributed by atoms with E-state index >= 15 is 0 Å². The number of amides is 1. The average molecular weight is 312 g/mol. The summed E-state index contributed by atoms with van der Waals surface area (Å²) in [6, 6.07) is 7.12. The van der Waals surface area contributed by atoms with Crippen molar-refractivity contribution in [2.75, 3.05) is 11.9 Å². The van der Waals surface area contributed by atoms with Gasteiger partial charge in [0, 0.05) is 17.8 Å². The number of nitrogens with zero attached hydrogens (tertiary/aromatic N) is 2. The van der Waals surface area contributed by atoms with Gasteiger partial charge in [-0.2, -0.15) is 0 Å². The monoisotopic (exact) mass is 312 g/mol. The molecule has 1 aromatic carbocycles. The van der Waals surface area contributed by atoms with Crippen molar-refractivity contribution in [2.45, 2.75) is 26.7 Å². The smallest absolute Gasteiger partial charge is 0.271 e. The number of hydrogen-bond acceptors (Lipinski definition) is 5. The molecule has 0 atom stereocenters. The molecule has 6 heteroatoms. The highest BCUT2D eigenvalue weighted by Crippen LogP contribution is 2.15. The second kappa shape index (κ2) is 8.03. The molecule has 2 rings (SSSR count). The van der Waals surface area contributed by atoms with Crippen LogP contribution in [0.5, 0.6) is 0 Å². The molecule has 0 spiro atoms. The predicted molar refractivity (Wildman–Crippen MR) is 89.0 cm³/mol. The normalized spacial score (nSPS) is 10.2. The van der Waals surface area contributed by atoms with Crippen LogP contribution in [0.3, 0.4) is 0 Å². The average Bonchev–Trinajstić information content (AvgIpc) is 2.56. The van der Waals surface area contributed by atoms with Crippen LogP contribution in [-0.2, 0) is 0 Å². The summed E-state index contributed by atoms with van der Waals surface area (Å²) in [5.41, 5.74) is 1.64. The van der Waals surface area contributed by atoms with Gasteiger partial charge in [-0.1, -0.05) is 25.5 Å². The second-order valence-corrected chi connectivity index (χ2v) is 5.16. The molecule has 6 nitrogen and oxygen atoms in total. The van der Waals surface area contributed by atoms with Gasteiger partial charge in [0.25, 0.3) is 5.91 Å². The van der Waals surface area contributed by atoms with Crippen molar-refractivity contribution < 1.29 is 9.59 Å². The maximum absolute atomic E-state index is 11.8. The van der Waals surface area contributed by atoms with Crippen LogP contribution < -0.4 is 10.6 Å². The van der Waals surface area contributed by atoms with Crippen molar-refractivity contribution in [3.63, 3.8) is 0 Å². The van der Waals surface area contributed by atoms with E-state index in [-0.39, 0.29) is 17.4 Å². The van der Waals surface area contributed by atoms with E-state index < -0.39 is 0 Å². The van der Waals surface area contributed by atoms with Crippen molar-refractivity contribution in [3.8, 4) is 0 Å². The van der Waals surface area contributed by atoms with Crippen molar-refractivity contribution in [1.82, 2.24) is 15.3 Å². The van der Waals surface area contributed by atoms with Gasteiger partial charge in [0.15, 0.2) is 5.78 Å². The fourth-order valence-corrected chi connectivity index (χ4v) is 1.94. The molecule has 0 fully saturated rings. The van der Waals surface area contributed by atoms with E-state index in [1.807, 2.05) is 6.07 Å². The Labute approximate surface area is 135 Å². The number of Topliss-reactive ketones (excluding diaryl/α,β-unsaturated/α-hetero) is 1. The molecule has 120 valence electrons. The van der Waals surface area contributed by atoms with E-state index in [1.165, 1.54) is 19.3 Å². The molecule has 1 aromatic heterocycles. The van der Waals surface area contributed by atoms with Crippen LogP contribution in [-0.4, -0.2) is 28.2 Å². The summed E-state index contributed by atoms with van der Waals surface area (Å²) >= 11 is 0. The molecule has 2 N–H and O–H groups in total. The molecule has 0 aliphatic rings. The Bertz CT molecular complexity index is 683. The first-order chi connectivity index (χ1) is 11.1. The topological polar surface area (TPSA) is 84.0 Å². The molecule has 0 radical (unpaired) electrons. The number of benzene rings is 1. The van der Waals surface area contributed by atoms with Crippen LogP contribution >= 0.6 is 0 Å². The number of hydrogen-bond donors (Lipinski definition) is 2. The first-order valence-electron chi connectivity index (χ1n) is 7.58. The molecule has 0 saturated heterocycles. The lowest BCUT2D eigenvalue weighted by atomic mass is 10.1. The van der Waals surface area contributed by atoms with Gasteiger partial charge in [0.1, 0.15) is 11.5 Å². The van der Waals surface area contributed by atoms with Crippen LogP contribution in [0.1, 0.15) is 47.5 Å². The van der Waals surface area contributed by atoms with Gasteiger partial charge in [-0.05, 0) is 25.5 Å². The number of rotatable bonds is 7. The van der Waals surface area contributed by atoms with Crippen LogP contribution in [0.25, 0.3) is 0 Å². The van der Waals surface area contributed by atoms with Crippen LogP contribution in [0.2, 0.25) is 0 Å². The first kappa shape index (κ1) is 16.6. The standard InChI is InChI=1S/C17H20N4O2/c1-3-4-8-18-17(23)15-10-20-16(11-19-15)21-14-7-5-6-13(9-14)12(2)22/h5-7,9-11H,3-4,8H2,1-2H3,(H,18,23)(H,20,21). The Morgan fingerprint density at radius 1 is 1.17 bits per heavy atom. The summed E-state index contributed by atoms with van der Waals surface area (Å²) in [4.78, 5) is 31.5. The zero-order valence-electron chi connectivity index (χ0n) is 13.3. The molecule has 0 saturated carbocycles. The number of unbranched alkanes of at least 4 members (excludes halogenated alkanes) is 1. The number of nitrogens with one attached hydrogen (secondary N) is 2. The van der Waals surface area contributed by atoms with E-state index in [9.17, 15) is 9.59 Å². The largest absolute Gasteiger partial charge is 0.351 e. The van der Waals surface area contributed by atoms with Gasteiger partial charge in [0.2, 0.25) is 0 Å². The van der Waals surface area contributed by atoms with Gasteiger partial charge in [-0.3, -0.25) is 9.59 Å². The molecule has 0 bridgehead atoms. The third-order valence-corrected chi connectivity index (χ3v) is 3.24. The van der Waals surface area contributed by atoms with E-state index in [1.54, 1.807) is 18.2 Å². The molecular weight excluding hydrogens is 292 g/mol. The number of carbonyl (C=O) groups is 2. The molecule has 0 unspecified atom stereocenters. The lowest BCUT2D eigenvalue weighted by Gasteiger charge is -2.07. The molecular formula is C17H20N4O2. The number of anilines is 2. The molecule has 1 amide bonds. The fourth-order valence-electron chi connectivity index (χ4n) is 1.94. The Hall–Kier alpha value is -2.76. The summed E-state index contributed by atoms with van der Waals surface area (Å²) in [6.07, 6.45) is 4.88. The van der Waals surface area contributed by atoms with Gasteiger partial charge in [0.05, 0.1) is 12.4 Å². The molecule has 2 aromatic rings. The minimum absolute atomic E-state index is 0.00108. The first-order valence-corrected chi connectivity index (χ1v) is 7.58. The highest BCUT2D eigenvalue weighted by molar-refractivity contribution is 5.95. The highest BCUT2D eigenvalue weighted by Gasteiger charge is 2.07. The van der Waals surface area contributed by atoms with Gasteiger partial charge >= 0.3 is 0 Å². The maximum atomic E-state index is 11.8. The van der Waals surface area contributed by atoms with E-state index in [4.69, 9.17) is 0 Å². The summed E-state index contributed by atoms with van der Waals surface area (Å²) in [6.45, 7) is 4.22. The van der Waals surface area contributed by atoms with Crippen LogP contribution in [0, 0.1) is 0 Å². The van der Waals surface area contributed by atoms with Crippen LogP contribution in [0.4, 0.5) is 11.5 Å². The summed E-state index contributed by atoms with van der Waals surface area (Å²) in [5.74, 6) is 0.283. The summed E-state index contributed by atoms with van der Waals surface area (Å²) in [7, 11) is 0. The highest BCUT2D eigenvalue weighted by atomic mass is 16.1. The SMILES string of the molecule is CCCCNC(=O)c1cnc(Nc2cccc(C(C)=O)c2)cn1.